The SMILES string of the molecule is CCCn1c(CC(=O)c2sccc2Br)nc2ccccc21. The molecule has 108 valence electrons. The van der Waals surface area contributed by atoms with Crippen molar-refractivity contribution in [1.29, 1.82) is 0 Å². The van der Waals surface area contributed by atoms with Gasteiger partial charge in [-0.25, -0.2) is 4.98 Å². The molecule has 3 nitrogen and oxygen atoms in total. The topological polar surface area (TPSA) is 34.9 Å². The Morgan fingerprint density at radius 2 is 2.14 bits per heavy atom. The summed E-state index contributed by atoms with van der Waals surface area (Å²) in [7, 11) is 0. The zero-order valence-electron chi connectivity index (χ0n) is 11.7. The lowest BCUT2D eigenvalue weighted by Gasteiger charge is -2.07. The highest BCUT2D eigenvalue weighted by atomic mass is 79.9. The Morgan fingerprint density at radius 1 is 1.33 bits per heavy atom. The standard InChI is InChI=1S/C16H15BrN2OS/c1-2-8-19-13-6-4-3-5-12(13)18-15(19)10-14(20)16-11(17)7-9-21-16/h3-7,9H,2,8,10H2,1H3. The second kappa shape index (κ2) is 6.12. The summed E-state index contributed by atoms with van der Waals surface area (Å²) in [6.45, 7) is 3.02. The molecule has 3 rings (SSSR count). The number of imidazole rings is 1. The van der Waals surface area contributed by atoms with Crippen LogP contribution in [0.1, 0.15) is 28.8 Å². The Kier molecular flexibility index (Phi) is 4.22. The number of carbonyl (C=O) groups excluding carboxylic acids is 1. The van der Waals surface area contributed by atoms with Gasteiger partial charge in [0.2, 0.25) is 0 Å². The van der Waals surface area contributed by atoms with Crippen molar-refractivity contribution in [2.75, 3.05) is 0 Å². The Balaban J connectivity index is 1.98. The summed E-state index contributed by atoms with van der Waals surface area (Å²) >= 11 is 4.90. The zero-order valence-corrected chi connectivity index (χ0v) is 14.1. The van der Waals surface area contributed by atoms with Crippen LogP contribution in [0.15, 0.2) is 40.2 Å². The molecule has 0 aliphatic heterocycles. The third-order valence-electron chi connectivity index (χ3n) is 3.37. The maximum Gasteiger partial charge on any atom is 0.181 e. The molecule has 2 aromatic heterocycles. The van der Waals surface area contributed by atoms with E-state index in [1.807, 2.05) is 29.6 Å². The van der Waals surface area contributed by atoms with Crippen molar-refractivity contribution in [3.05, 3.63) is 50.9 Å². The third-order valence-corrected chi connectivity index (χ3v) is 5.25. The van der Waals surface area contributed by atoms with Crippen LogP contribution < -0.4 is 0 Å². The first-order valence-electron chi connectivity index (χ1n) is 6.91. The monoisotopic (exact) mass is 362 g/mol. The van der Waals surface area contributed by atoms with E-state index in [1.165, 1.54) is 11.3 Å². The Hall–Kier alpha value is -1.46. The highest BCUT2D eigenvalue weighted by Gasteiger charge is 2.17. The van der Waals surface area contributed by atoms with E-state index in [0.29, 0.717) is 6.42 Å². The van der Waals surface area contributed by atoms with Crippen molar-refractivity contribution in [1.82, 2.24) is 9.55 Å². The largest absolute Gasteiger partial charge is 0.328 e. The molecule has 0 radical (unpaired) electrons. The first-order valence-corrected chi connectivity index (χ1v) is 8.58. The summed E-state index contributed by atoms with van der Waals surface area (Å²) < 4.78 is 3.03. The molecule has 21 heavy (non-hydrogen) atoms. The number of rotatable bonds is 5. The number of aryl methyl sites for hydroxylation is 1. The zero-order chi connectivity index (χ0) is 14.8. The number of halogens is 1. The molecule has 1 aromatic carbocycles. The van der Waals surface area contributed by atoms with Crippen molar-refractivity contribution in [3.63, 3.8) is 0 Å². The van der Waals surface area contributed by atoms with Gasteiger partial charge in [-0.1, -0.05) is 19.1 Å². The van der Waals surface area contributed by atoms with Crippen LogP contribution in [-0.2, 0) is 13.0 Å². The lowest BCUT2D eigenvalue weighted by atomic mass is 10.2. The van der Waals surface area contributed by atoms with Gasteiger partial charge in [0.05, 0.1) is 22.3 Å². The van der Waals surface area contributed by atoms with E-state index in [2.05, 4.69) is 38.5 Å². The molecule has 2 heterocycles. The summed E-state index contributed by atoms with van der Waals surface area (Å²) in [5.41, 5.74) is 2.06. The average Bonchev–Trinajstić information content (AvgIpc) is 3.04. The average molecular weight is 363 g/mol. The molecule has 0 atom stereocenters. The van der Waals surface area contributed by atoms with Gasteiger partial charge in [0.1, 0.15) is 5.82 Å². The predicted octanol–water partition coefficient (Wildman–Crippen LogP) is 4.70. The van der Waals surface area contributed by atoms with E-state index >= 15 is 0 Å². The summed E-state index contributed by atoms with van der Waals surface area (Å²) in [5.74, 6) is 0.966. The molecule has 5 heteroatoms. The van der Waals surface area contributed by atoms with Crippen LogP contribution in [0.4, 0.5) is 0 Å². The van der Waals surface area contributed by atoms with Crippen LogP contribution in [0.25, 0.3) is 11.0 Å². The fourth-order valence-electron chi connectivity index (χ4n) is 2.45. The van der Waals surface area contributed by atoms with E-state index in [4.69, 9.17) is 0 Å². The van der Waals surface area contributed by atoms with Crippen molar-refractivity contribution < 1.29 is 4.79 Å². The Morgan fingerprint density at radius 3 is 2.86 bits per heavy atom. The third kappa shape index (κ3) is 2.80. The molecule has 0 saturated carbocycles. The van der Waals surface area contributed by atoms with Gasteiger partial charge in [0.15, 0.2) is 5.78 Å². The number of benzene rings is 1. The number of hydrogen-bond donors (Lipinski definition) is 0. The van der Waals surface area contributed by atoms with E-state index in [0.717, 1.165) is 39.2 Å². The molecule has 3 aromatic rings. The van der Waals surface area contributed by atoms with E-state index in [1.54, 1.807) is 0 Å². The minimum absolute atomic E-state index is 0.115. The Bertz CT molecular complexity index is 791. The molecule has 0 aliphatic carbocycles. The number of fused-ring (bicyclic) bond motifs is 1. The fourth-order valence-corrected chi connectivity index (χ4v) is 3.98. The van der Waals surface area contributed by atoms with Gasteiger partial charge in [0.25, 0.3) is 0 Å². The molecule has 0 spiro atoms. The van der Waals surface area contributed by atoms with Crippen LogP contribution in [0.5, 0.6) is 0 Å². The van der Waals surface area contributed by atoms with Crippen molar-refractivity contribution in [2.24, 2.45) is 0 Å². The number of ketones is 1. The smallest absolute Gasteiger partial charge is 0.181 e. The quantitative estimate of drug-likeness (QED) is 0.616. The minimum Gasteiger partial charge on any atom is -0.328 e. The second-order valence-electron chi connectivity index (χ2n) is 4.87. The molecule has 0 amide bonds. The maximum absolute atomic E-state index is 12.5. The van der Waals surface area contributed by atoms with Crippen LogP contribution in [-0.4, -0.2) is 15.3 Å². The number of aromatic nitrogens is 2. The van der Waals surface area contributed by atoms with Gasteiger partial charge in [-0.2, -0.15) is 0 Å². The Labute approximate surface area is 135 Å². The maximum atomic E-state index is 12.5. The first kappa shape index (κ1) is 14.5. The van der Waals surface area contributed by atoms with E-state index in [9.17, 15) is 4.79 Å². The molecular formula is C16H15BrN2OS. The lowest BCUT2D eigenvalue weighted by molar-refractivity contribution is 0.0993. The molecular weight excluding hydrogens is 348 g/mol. The predicted molar refractivity (Wildman–Crippen MR) is 90.1 cm³/mol. The number of carbonyl (C=O) groups is 1. The van der Waals surface area contributed by atoms with Gasteiger partial charge in [-0.3, -0.25) is 4.79 Å². The molecule has 0 aliphatic rings. The summed E-state index contributed by atoms with van der Waals surface area (Å²) in [4.78, 5) is 17.9. The number of thiophene rings is 1. The van der Waals surface area contributed by atoms with Crippen molar-refractivity contribution in [3.8, 4) is 0 Å². The van der Waals surface area contributed by atoms with Crippen LogP contribution >= 0.6 is 27.3 Å². The molecule has 0 fully saturated rings. The second-order valence-corrected chi connectivity index (χ2v) is 6.64. The van der Waals surface area contributed by atoms with Crippen molar-refractivity contribution in [2.45, 2.75) is 26.3 Å². The normalized spacial score (nSPS) is 11.1. The summed E-state index contributed by atoms with van der Waals surface area (Å²) in [6, 6.07) is 9.96. The fraction of sp³-hybridized carbons (Fsp3) is 0.250. The number of hydrogen-bond acceptors (Lipinski definition) is 3. The molecule has 0 unspecified atom stereocenters. The van der Waals surface area contributed by atoms with Crippen LogP contribution in [0.3, 0.4) is 0 Å². The van der Waals surface area contributed by atoms with Crippen molar-refractivity contribution >= 4 is 44.1 Å². The highest BCUT2D eigenvalue weighted by molar-refractivity contribution is 9.10. The lowest BCUT2D eigenvalue weighted by Crippen LogP contribution is -2.10. The van der Waals surface area contributed by atoms with Crippen LogP contribution in [0.2, 0.25) is 0 Å². The van der Waals surface area contributed by atoms with Gasteiger partial charge < -0.3 is 4.57 Å². The number of Topliss-reactive ketones (excluding diaryl/α,β-unsaturated/α-hetero) is 1. The van der Waals surface area contributed by atoms with E-state index in [-0.39, 0.29) is 5.78 Å². The minimum atomic E-state index is 0.115. The molecule has 0 bridgehead atoms. The number of para-hydroxylation sites is 2. The van der Waals surface area contributed by atoms with Crippen LogP contribution in [0, 0.1) is 0 Å². The number of nitrogens with zero attached hydrogens (tertiary/aromatic N) is 2. The highest BCUT2D eigenvalue weighted by Crippen LogP contribution is 2.25. The van der Waals surface area contributed by atoms with Gasteiger partial charge in [-0.15, -0.1) is 11.3 Å². The summed E-state index contributed by atoms with van der Waals surface area (Å²) in [6.07, 6.45) is 1.36. The summed E-state index contributed by atoms with van der Waals surface area (Å²) in [5, 5.41) is 1.92. The molecule has 0 N–H and O–H groups in total. The van der Waals surface area contributed by atoms with E-state index < -0.39 is 0 Å². The van der Waals surface area contributed by atoms with Gasteiger partial charge >= 0.3 is 0 Å². The first-order chi connectivity index (χ1) is 10.2. The van der Waals surface area contributed by atoms with Gasteiger partial charge in [-0.05, 0) is 45.9 Å². The van der Waals surface area contributed by atoms with Gasteiger partial charge in [0, 0.05) is 11.0 Å². The molecule has 0 saturated heterocycles.